The van der Waals surface area contributed by atoms with Crippen molar-refractivity contribution in [3.8, 4) is 0 Å². The van der Waals surface area contributed by atoms with E-state index in [1.54, 1.807) is 12.4 Å². The van der Waals surface area contributed by atoms with Crippen LogP contribution in [0.5, 0.6) is 0 Å². The molecule has 0 saturated carbocycles. The SMILES string of the molecule is C/C(C=CCC(Br)Br)=C/N=C/CCl. The molecule has 0 aromatic rings. The van der Waals surface area contributed by atoms with Crippen LogP contribution in [0.1, 0.15) is 13.3 Å². The maximum absolute atomic E-state index is 5.42. The van der Waals surface area contributed by atoms with E-state index >= 15 is 0 Å². The van der Waals surface area contributed by atoms with Crippen molar-refractivity contribution in [2.45, 2.75) is 17.1 Å². The Morgan fingerprint density at radius 3 is 2.77 bits per heavy atom. The summed E-state index contributed by atoms with van der Waals surface area (Å²) >= 11 is 12.2. The Balaban J connectivity index is 3.84. The van der Waals surface area contributed by atoms with Crippen molar-refractivity contribution < 1.29 is 0 Å². The monoisotopic (exact) mass is 327 g/mol. The van der Waals surface area contributed by atoms with Crippen LogP contribution in [0.25, 0.3) is 0 Å². The van der Waals surface area contributed by atoms with Gasteiger partial charge in [0.2, 0.25) is 0 Å². The van der Waals surface area contributed by atoms with E-state index in [1.807, 2.05) is 13.0 Å². The highest BCUT2D eigenvalue weighted by Crippen LogP contribution is 2.13. The molecular formula is C9H12Br2ClN. The number of alkyl halides is 3. The molecule has 0 aromatic carbocycles. The first-order valence-electron chi connectivity index (χ1n) is 3.86. The number of aliphatic imine (C=N–C) groups is 1. The zero-order valence-electron chi connectivity index (χ0n) is 7.38. The smallest absolute Gasteiger partial charge is 0.0732 e. The van der Waals surface area contributed by atoms with Gasteiger partial charge in [-0.3, -0.25) is 4.99 Å². The van der Waals surface area contributed by atoms with Crippen molar-refractivity contribution in [3.05, 3.63) is 23.9 Å². The summed E-state index contributed by atoms with van der Waals surface area (Å²) in [4.78, 5) is 3.99. The molecule has 0 aliphatic rings. The van der Waals surface area contributed by atoms with E-state index in [2.05, 4.69) is 42.9 Å². The van der Waals surface area contributed by atoms with Crippen LogP contribution in [0.2, 0.25) is 0 Å². The second-order valence-corrected chi connectivity index (χ2v) is 6.14. The first-order chi connectivity index (χ1) is 6.16. The number of hydrogen-bond donors (Lipinski definition) is 0. The molecule has 0 unspecified atom stereocenters. The predicted molar refractivity (Wildman–Crippen MR) is 68.4 cm³/mol. The lowest BCUT2D eigenvalue weighted by Crippen LogP contribution is -1.79. The van der Waals surface area contributed by atoms with Crippen molar-refractivity contribution in [1.29, 1.82) is 0 Å². The van der Waals surface area contributed by atoms with Gasteiger partial charge in [0, 0.05) is 12.4 Å². The van der Waals surface area contributed by atoms with Gasteiger partial charge in [0.25, 0.3) is 0 Å². The van der Waals surface area contributed by atoms with Gasteiger partial charge >= 0.3 is 0 Å². The fraction of sp³-hybridized carbons (Fsp3) is 0.444. The predicted octanol–water partition coefficient (Wildman–Crippen LogP) is 4.26. The fourth-order valence-corrected chi connectivity index (χ4v) is 1.12. The zero-order valence-corrected chi connectivity index (χ0v) is 11.3. The van der Waals surface area contributed by atoms with E-state index in [-0.39, 0.29) is 0 Å². The van der Waals surface area contributed by atoms with Crippen molar-refractivity contribution in [2.75, 3.05) is 5.88 Å². The molecule has 0 rings (SSSR count). The highest BCUT2D eigenvalue weighted by Gasteiger charge is 1.90. The Bertz CT molecular complexity index is 210. The molecule has 0 aromatic heterocycles. The van der Waals surface area contributed by atoms with Gasteiger partial charge < -0.3 is 0 Å². The van der Waals surface area contributed by atoms with Gasteiger partial charge in [0.15, 0.2) is 0 Å². The standard InChI is InChI=1S/C9H12Br2ClN/c1-8(7-13-6-5-12)3-2-4-9(10)11/h2-3,6-7,9H,4-5H2,1H3/b3-2?,8-7-,13-6+. The molecule has 0 N–H and O–H groups in total. The summed E-state index contributed by atoms with van der Waals surface area (Å²) in [7, 11) is 0. The van der Waals surface area contributed by atoms with E-state index in [1.165, 1.54) is 0 Å². The Labute approximate surface area is 101 Å². The van der Waals surface area contributed by atoms with Gasteiger partial charge in [0.1, 0.15) is 0 Å². The van der Waals surface area contributed by atoms with E-state index in [0.717, 1.165) is 12.0 Å². The summed E-state index contributed by atoms with van der Waals surface area (Å²) in [5, 5.41) is 0. The molecule has 0 radical (unpaired) electrons. The average molecular weight is 329 g/mol. The highest BCUT2D eigenvalue weighted by molar-refractivity contribution is 9.24. The maximum atomic E-state index is 5.42. The average Bonchev–Trinajstić information content (AvgIpc) is 2.04. The van der Waals surface area contributed by atoms with Gasteiger partial charge in [0.05, 0.1) is 9.62 Å². The summed E-state index contributed by atoms with van der Waals surface area (Å²) in [6, 6.07) is 0. The van der Waals surface area contributed by atoms with Crippen LogP contribution in [-0.4, -0.2) is 15.8 Å². The molecule has 1 nitrogen and oxygen atoms in total. The molecule has 74 valence electrons. The van der Waals surface area contributed by atoms with Crippen LogP contribution < -0.4 is 0 Å². The summed E-state index contributed by atoms with van der Waals surface area (Å²) < 4.78 is 0.343. The lowest BCUT2D eigenvalue weighted by Gasteiger charge is -1.92. The number of nitrogens with zero attached hydrogens (tertiary/aromatic N) is 1. The van der Waals surface area contributed by atoms with E-state index in [0.29, 0.717) is 9.62 Å². The number of rotatable bonds is 5. The Hall–Kier alpha value is 0.400. The first-order valence-corrected chi connectivity index (χ1v) is 6.22. The van der Waals surface area contributed by atoms with Crippen LogP contribution in [0.15, 0.2) is 28.9 Å². The molecule has 4 heteroatoms. The second kappa shape index (κ2) is 8.97. The maximum Gasteiger partial charge on any atom is 0.0732 e. The van der Waals surface area contributed by atoms with Gasteiger partial charge in [-0.15, -0.1) is 11.6 Å². The normalized spacial score (nSPS) is 13.8. The first kappa shape index (κ1) is 13.4. The number of hydrogen-bond acceptors (Lipinski definition) is 1. The Morgan fingerprint density at radius 1 is 1.54 bits per heavy atom. The third-order valence-corrected chi connectivity index (χ3v) is 2.03. The van der Waals surface area contributed by atoms with Crippen LogP contribution >= 0.6 is 43.5 Å². The van der Waals surface area contributed by atoms with Gasteiger partial charge in [-0.25, -0.2) is 0 Å². The Kier molecular flexibility index (Phi) is 9.25. The molecule has 0 aliphatic carbocycles. The molecule has 0 amide bonds. The molecule has 0 bridgehead atoms. The molecule has 0 fully saturated rings. The third kappa shape index (κ3) is 10.3. The topological polar surface area (TPSA) is 12.4 Å². The van der Waals surface area contributed by atoms with Crippen LogP contribution in [0.3, 0.4) is 0 Å². The summed E-state index contributed by atoms with van der Waals surface area (Å²) in [5.74, 6) is 0.457. The molecule has 0 saturated heterocycles. The summed E-state index contributed by atoms with van der Waals surface area (Å²) in [5.41, 5.74) is 1.11. The lowest BCUT2D eigenvalue weighted by molar-refractivity contribution is 1.21. The molecule has 13 heavy (non-hydrogen) atoms. The van der Waals surface area contributed by atoms with Crippen LogP contribution in [0, 0.1) is 0 Å². The van der Waals surface area contributed by atoms with Crippen molar-refractivity contribution in [3.63, 3.8) is 0 Å². The highest BCUT2D eigenvalue weighted by atomic mass is 79.9. The molecular weight excluding hydrogens is 317 g/mol. The number of halogens is 3. The fourth-order valence-electron chi connectivity index (χ4n) is 0.610. The lowest BCUT2D eigenvalue weighted by atomic mass is 10.3. The quantitative estimate of drug-likeness (QED) is 0.406. The molecule has 0 atom stereocenters. The largest absolute Gasteiger partial charge is 0.268 e. The molecule has 0 heterocycles. The third-order valence-electron chi connectivity index (χ3n) is 1.15. The van der Waals surface area contributed by atoms with E-state index < -0.39 is 0 Å². The van der Waals surface area contributed by atoms with E-state index in [4.69, 9.17) is 11.6 Å². The van der Waals surface area contributed by atoms with Gasteiger partial charge in [-0.05, 0) is 18.9 Å². The number of allylic oxidation sites excluding steroid dienone is 3. The molecule has 0 spiro atoms. The zero-order chi connectivity index (χ0) is 10.1. The Morgan fingerprint density at radius 2 is 2.23 bits per heavy atom. The van der Waals surface area contributed by atoms with Crippen LogP contribution in [-0.2, 0) is 0 Å². The van der Waals surface area contributed by atoms with Crippen molar-refractivity contribution in [2.24, 2.45) is 4.99 Å². The summed E-state index contributed by atoms with van der Waals surface area (Å²) in [6.45, 7) is 2.00. The van der Waals surface area contributed by atoms with Gasteiger partial charge in [-0.1, -0.05) is 44.0 Å². The van der Waals surface area contributed by atoms with Gasteiger partial charge in [-0.2, -0.15) is 0 Å². The minimum Gasteiger partial charge on any atom is -0.268 e. The van der Waals surface area contributed by atoms with Crippen molar-refractivity contribution >= 4 is 49.7 Å². The summed E-state index contributed by atoms with van der Waals surface area (Å²) in [6.07, 6.45) is 8.51. The van der Waals surface area contributed by atoms with Crippen molar-refractivity contribution in [1.82, 2.24) is 0 Å². The minimum absolute atomic E-state index is 0.343. The molecule has 0 aliphatic heterocycles. The van der Waals surface area contributed by atoms with Crippen LogP contribution in [0.4, 0.5) is 0 Å². The van der Waals surface area contributed by atoms with E-state index in [9.17, 15) is 0 Å². The minimum atomic E-state index is 0.343. The second-order valence-electron chi connectivity index (χ2n) is 2.39.